The van der Waals surface area contributed by atoms with E-state index in [1.807, 2.05) is 13.0 Å². The zero-order valence-electron chi connectivity index (χ0n) is 19.1. The minimum absolute atomic E-state index is 0.0371. The molecule has 0 spiro atoms. The van der Waals surface area contributed by atoms with Gasteiger partial charge < -0.3 is 15.5 Å². The molecule has 0 bridgehead atoms. The summed E-state index contributed by atoms with van der Waals surface area (Å²) < 4.78 is 1.10. The fourth-order valence-electron chi connectivity index (χ4n) is 3.92. The topological polar surface area (TPSA) is 27.3 Å². The Morgan fingerprint density at radius 1 is 1.27 bits per heavy atom. The Hall–Kier alpha value is -1.39. The van der Waals surface area contributed by atoms with Gasteiger partial charge in [0.25, 0.3) is 0 Å². The maximum absolute atomic E-state index is 6.19. The molecular weight excluding hydrogens is 458 g/mol. The van der Waals surface area contributed by atoms with Gasteiger partial charge in [-0.15, -0.1) is 0 Å². The third-order valence-electron chi connectivity index (χ3n) is 5.59. The van der Waals surface area contributed by atoms with Crippen LogP contribution in [0.15, 0.2) is 57.3 Å². The predicted molar refractivity (Wildman–Crippen MR) is 136 cm³/mol. The van der Waals surface area contributed by atoms with Crippen molar-refractivity contribution in [2.45, 2.75) is 73.0 Å². The van der Waals surface area contributed by atoms with Gasteiger partial charge in [-0.2, -0.15) is 0 Å². The normalized spacial score (nSPS) is 18.3. The lowest BCUT2D eigenvalue weighted by Crippen LogP contribution is -2.44. The third-order valence-corrected chi connectivity index (χ3v) is 6.21. The molecule has 30 heavy (non-hydrogen) atoms. The maximum Gasteiger partial charge on any atom is 0.176 e. The molecule has 0 amide bonds. The Labute approximate surface area is 196 Å². The van der Waals surface area contributed by atoms with Crippen LogP contribution >= 0.6 is 27.5 Å². The van der Waals surface area contributed by atoms with E-state index in [2.05, 4.69) is 89.6 Å². The fourth-order valence-corrected chi connectivity index (χ4v) is 4.45. The first-order valence-electron chi connectivity index (χ1n) is 11.2. The molecule has 166 valence electrons. The smallest absolute Gasteiger partial charge is 0.176 e. The quantitative estimate of drug-likeness (QED) is 0.306. The highest BCUT2D eigenvalue weighted by Gasteiger charge is 2.30. The minimum atomic E-state index is 0.0371. The number of nitrogens with zero attached hydrogens (tertiary/aromatic N) is 1. The van der Waals surface area contributed by atoms with Crippen molar-refractivity contribution >= 4 is 33.2 Å². The highest BCUT2D eigenvalue weighted by Crippen LogP contribution is 2.33. The number of hydrogen-bond acceptors (Lipinski definition) is 3. The molecule has 3 nitrogen and oxygen atoms in total. The number of halogens is 2. The SMILES string of the molecule is CCCCN1C(/C(=C\C=C(/C)Cl)C(CC)CCC)=CNC1Nc1ccc(Br)cc1C. The van der Waals surface area contributed by atoms with E-state index in [1.165, 1.54) is 36.1 Å². The summed E-state index contributed by atoms with van der Waals surface area (Å²) in [4.78, 5) is 2.48. The summed E-state index contributed by atoms with van der Waals surface area (Å²) in [5, 5.41) is 8.11. The lowest BCUT2D eigenvalue weighted by Gasteiger charge is -2.33. The first kappa shape index (κ1) is 24.9. The van der Waals surface area contributed by atoms with Gasteiger partial charge in [0.1, 0.15) is 0 Å². The van der Waals surface area contributed by atoms with Crippen molar-refractivity contribution in [1.29, 1.82) is 0 Å². The maximum atomic E-state index is 6.19. The molecule has 5 heteroatoms. The van der Waals surface area contributed by atoms with Crippen LogP contribution in [0.5, 0.6) is 0 Å². The largest absolute Gasteiger partial charge is 0.353 e. The van der Waals surface area contributed by atoms with E-state index < -0.39 is 0 Å². The number of unbranched alkanes of at least 4 members (excludes halogenated alkanes) is 1. The lowest BCUT2D eigenvalue weighted by molar-refractivity contribution is 0.278. The Morgan fingerprint density at radius 3 is 2.63 bits per heavy atom. The molecule has 1 heterocycles. The van der Waals surface area contributed by atoms with Gasteiger partial charge in [-0.1, -0.05) is 67.2 Å². The summed E-state index contributed by atoms with van der Waals surface area (Å²) in [5.41, 5.74) is 5.03. The van der Waals surface area contributed by atoms with Crippen LogP contribution in [0.4, 0.5) is 5.69 Å². The number of nitrogens with one attached hydrogen (secondary N) is 2. The molecule has 2 rings (SSSR count). The molecule has 2 atom stereocenters. The second-order valence-electron chi connectivity index (χ2n) is 8.02. The monoisotopic (exact) mass is 493 g/mol. The van der Waals surface area contributed by atoms with E-state index in [4.69, 9.17) is 11.6 Å². The van der Waals surface area contributed by atoms with Crippen molar-refractivity contribution < 1.29 is 0 Å². The van der Waals surface area contributed by atoms with E-state index in [9.17, 15) is 0 Å². The van der Waals surface area contributed by atoms with E-state index in [0.29, 0.717) is 5.92 Å². The zero-order chi connectivity index (χ0) is 22.1. The average Bonchev–Trinajstić information content (AvgIpc) is 3.09. The van der Waals surface area contributed by atoms with Crippen LogP contribution in [0.2, 0.25) is 0 Å². The molecule has 0 radical (unpaired) electrons. The van der Waals surface area contributed by atoms with E-state index in [1.54, 1.807) is 0 Å². The summed E-state index contributed by atoms with van der Waals surface area (Å²) in [5.74, 6) is 0.521. The Balaban J connectivity index is 2.35. The molecule has 1 aliphatic rings. The summed E-state index contributed by atoms with van der Waals surface area (Å²) in [6.45, 7) is 11.9. The van der Waals surface area contributed by atoms with Crippen molar-refractivity contribution in [2.24, 2.45) is 5.92 Å². The van der Waals surface area contributed by atoms with Gasteiger partial charge in [0.15, 0.2) is 6.29 Å². The van der Waals surface area contributed by atoms with Crippen LogP contribution in [0.25, 0.3) is 0 Å². The molecule has 0 saturated heterocycles. The number of rotatable bonds is 11. The molecular formula is C25H37BrClN3. The minimum Gasteiger partial charge on any atom is -0.353 e. The number of benzene rings is 1. The number of allylic oxidation sites excluding steroid dienone is 4. The summed E-state index contributed by atoms with van der Waals surface area (Å²) in [6.07, 6.45) is 12.3. The van der Waals surface area contributed by atoms with Gasteiger partial charge in [-0.25, -0.2) is 0 Å². The van der Waals surface area contributed by atoms with Crippen molar-refractivity contribution in [2.75, 3.05) is 11.9 Å². The molecule has 0 saturated carbocycles. The number of aryl methyl sites for hydroxylation is 1. The fraction of sp³-hybridized carbons (Fsp3) is 0.520. The van der Waals surface area contributed by atoms with Crippen LogP contribution < -0.4 is 10.6 Å². The molecule has 2 N–H and O–H groups in total. The molecule has 0 fully saturated rings. The Bertz CT molecular complexity index is 781. The van der Waals surface area contributed by atoms with Gasteiger partial charge in [-0.05, 0) is 74.4 Å². The second-order valence-corrected chi connectivity index (χ2v) is 9.53. The van der Waals surface area contributed by atoms with E-state index in [0.717, 1.165) is 34.6 Å². The van der Waals surface area contributed by atoms with E-state index >= 15 is 0 Å². The highest BCUT2D eigenvalue weighted by molar-refractivity contribution is 9.10. The molecule has 0 aliphatic carbocycles. The molecule has 1 aliphatic heterocycles. The van der Waals surface area contributed by atoms with Gasteiger partial charge in [0.05, 0.1) is 5.70 Å². The molecule has 0 aromatic heterocycles. The zero-order valence-corrected chi connectivity index (χ0v) is 21.4. The Kier molecular flexibility index (Phi) is 10.3. The van der Waals surface area contributed by atoms with Crippen LogP contribution in [-0.2, 0) is 0 Å². The first-order valence-corrected chi connectivity index (χ1v) is 12.4. The lowest BCUT2D eigenvalue weighted by atomic mass is 9.89. The second kappa shape index (κ2) is 12.5. The standard InChI is InChI=1S/C25H37BrClN3/c1-6-9-15-30-24(22(13-11-19(5)27)20(8-3)10-7-2)17-28-25(30)29-23-14-12-21(26)16-18(23)4/h11-14,16-17,20,25,28-29H,6-10,15H2,1-5H3/b19-11+,22-13-. The van der Waals surface area contributed by atoms with Gasteiger partial charge in [0.2, 0.25) is 0 Å². The van der Waals surface area contributed by atoms with Crippen LogP contribution in [-0.4, -0.2) is 17.7 Å². The van der Waals surface area contributed by atoms with Gasteiger partial charge in [0, 0.05) is 27.9 Å². The number of hydrogen-bond donors (Lipinski definition) is 2. The van der Waals surface area contributed by atoms with Crippen molar-refractivity contribution in [1.82, 2.24) is 10.2 Å². The molecule has 2 unspecified atom stereocenters. The van der Waals surface area contributed by atoms with E-state index in [-0.39, 0.29) is 6.29 Å². The predicted octanol–water partition coefficient (Wildman–Crippen LogP) is 7.90. The van der Waals surface area contributed by atoms with Gasteiger partial charge in [-0.3, -0.25) is 0 Å². The van der Waals surface area contributed by atoms with Crippen molar-refractivity contribution in [3.63, 3.8) is 0 Å². The summed E-state index contributed by atoms with van der Waals surface area (Å²) >= 11 is 9.75. The number of anilines is 1. The summed E-state index contributed by atoms with van der Waals surface area (Å²) in [7, 11) is 0. The van der Waals surface area contributed by atoms with Crippen LogP contribution in [0.1, 0.15) is 65.4 Å². The molecule has 1 aromatic carbocycles. The first-order chi connectivity index (χ1) is 14.4. The molecule has 1 aromatic rings. The highest BCUT2D eigenvalue weighted by atomic mass is 79.9. The summed E-state index contributed by atoms with van der Waals surface area (Å²) in [6, 6.07) is 6.37. The van der Waals surface area contributed by atoms with Gasteiger partial charge >= 0.3 is 0 Å². The average molecular weight is 495 g/mol. The van der Waals surface area contributed by atoms with Crippen LogP contribution in [0, 0.1) is 12.8 Å². The Morgan fingerprint density at radius 2 is 2.03 bits per heavy atom. The van der Waals surface area contributed by atoms with Crippen molar-refractivity contribution in [3.8, 4) is 0 Å². The third kappa shape index (κ3) is 6.81. The van der Waals surface area contributed by atoms with Crippen molar-refractivity contribution in [3.05, 3.63) is 62.9 Å². The van der Waals surface area contributed by atoms with Crippen LogP contribution in [0.3, 0.4) is 0 Å².